The van der Waals surface area contributed by atoms with Crippen LogP contribution in [0.3, 0.4) is 0 Å². The second kappa shape index (κ2) is 6.07. The Kier molecular flexibility index (Phi) is 4.00. The van der Waals surface area contributed by atoms with Crippen molar-refractivity contribution in [1.29, 1.82) is 0 Å². The van der Waals surface area contributed by atoms with Gasteiger partial charge < -0.3 is 9.73 Å². The van der Waals surface area contributed by atoms with E-state index >= 15 is 0 Å². The molecule has 1 heterocycles. The molecule has 1 aliphatic rings. The highest BCUT2D eigenvalue weighted by molar-refractivity contribution is 5.62. The monoisotopic (exact) mass is 271 g/mol. The van der Waals surface area contributed by atoms with Gasteiger partial charge in [-0.3, -0.25) is 0 Å². The van der Waals surface area contributed by atoms with E-state index < -0.39 is 0 Å². The van der Waals surface area contributed by atoms with Crippen molar-refractivity contribution in [2.75, 3.05) is 5.32 Å². The Hall–Kier alpha value is -1.84. The van der Waals surface area contributed by atoms with Crippen LogP contribution in [0.4, 0.5) is 5.69 Å². The summed E-state index contributed by atoms with van der Waals surface area (Å²) in [6.45, 7) is 2.12. The number of aromatic nitrogens is 2. The summed E-state index contributed by atoms with van der Waals surface area (Å²) in [7, 11) is 0. The van der Waals surface area contributed by atoms with Crippen LogP contribution in [0.1, 0.15) is 44.1 Å². The molecule has 1 saturated carbocycles. The second-order valence-electron chi connectivity index (χ2n) is 5.61. The van der Waals surface area contributed by atoms with E-state index in [4.69, 9.17) is 4.42 Å². The molecule has 0 atom stereocenters. The minimum absolute atomic E-state index is 0.578. The van der Waals surface area contributed by atoms with Gasteiger partial charge >= 0.3 is 0 Å². The van der Waals surface area contributed by atoms with E-state index in [0.717, 1.165) is 5.56 Å². The molecule has 0 bridgehead atoms. The average Bonchev–Trinajstić information content (AvgIpc) is 2.87. The third kappa shape index (κ3) is 3.00. The van der Waals surface area contributed by atoms with Crippen LogP contribution in [0, 0.1) is 6.92 Å². The van der Waals surface area contributed by atoms with Crippen molar-refractivity contribution in [3.63, 3.8) is 0 Å². The molecule has 0 amide bonds. The highest BCUT2D eigenvalue weighted by Gasteiger charge is 2.13. The van der Waals surface area contributed by atoms with Gasteiger partial charge in [-0.25, -0.2) is 0 Å². The molecule has 1 aromatic carbocycles. The summed E-state index contributed by atoms with van der Waals surface area (Å²) in [4.78, 5) is 0. The van der Waals surface area contributed by atoms with E-state index in [0.29, 0.717) is 11.9 Å². The molecule has 1 aliphatic carbocycles. The van der Waals surface area contributed by atoms with Gasteiger partial charge in [0.2, 0.25) is 12.3 Å². The van der Waals surface area contributed by atoms with E-state index in [-0.39, 0.29) is 0 Å². The summed E-state index contributed by atoms with van der Waals surface area (Å²) < 4.78 is 5.24. The van der Waals surface area contributed by atoms with Gasteiger partial charge in [0, 0.05) is 17.3 Å². The smallest absolute Gasteiger partial charge is 0.247 e. The Labute approximate surface area is 119 Å². The van der Waals surface area contributed by atoms with Gasteiger partial charge in [-0.05, 0) is 43.5 Å². The first-order chi connectivity index (χ1) is 9.83. The van der Waals surface area contributed by atoms with Crippen LogP contribution in [0.2, 0.25) is 0 Å². The lowest BCUT2D eigenvalue weighted by Gasteiger charge is -2.19. The van der Waals surface area contributed by atoms with Gasteiger partial charge in [0.15, 0.2) is 0 Å². The highest BCUT2D eigenvalue weighted by Crippen LogP contribution is 2.26. The third-order valence-corrected chi connectivity index (χ3v) is 4.05. The van der Waals surface area contributed by atoms with E-state index in [9.17, 15) is 0 Å². The number of hydrogen-bond acceptors (Lipinski definition) is 4. The summed E-state index contributed by atoms with van der Waals surface area (Å²) >= 11 is 0. The van der Waals surface area contributed by atoms with Crippen molar-refractivity contribution in [3.05, 3.63) is 30.2 Å². The number of hydrogen-bond donors (Lipinski definition) is 1. The molecule has 0 radical (unpaired) electrons. The predicted molar refractivity (Wildman–Crippen MR) is 79.6 cm³/mol. The SMILES string of the molecule is Cc1cc(-c2nnco2)ccc1NC1CCCCCC1. The molecule has 4 heteroatoms. The van der Waals surface area contributed by atoms with Gasteiger partial charge in [-0.2, -0.15) is 0 Å². The van der Waals surface area contributed by atoms with E-state index in [2.05, 4.69) is 34.6 Å². The van der Waals surface area contributed by atoms with Crippen molar-refractivity contribution in [2.24, 2.45) is 0 Å². The molecule has 0 aliphatic heterocycles. The minimum atomic E-state index is 0.578. The molecule has 1 fully saturated rings. The summed E-state index contributed by atoms with van der Waals surface area (Å²) in [6, 6.07) is 6.89. The van der Waals surface area contributed by atoms with Crippen LogP contribution in [0.5, 0.6) is 0 Å². The average molecular weight is 271 g/mol. The Morgan fingerprint density at radius 3 is 2.60 bits per heavy atom. The van der Waals surface area contributed by atoms with Gasteiger partial charge in [-0.1, -0.05) is 25.7 Å². The molecule has 1 aromatic heterocycles. The van der Waals surface area contributed by atoms with Gasteiger partial charge in [0.05, 0.1) is 0 Å². The fourth-order valence-electron chi connectivity index (χ4n) is 2.90. The molecule has 20 heavy (non-hydrogen) atoms. The van der Waals surface area contributed by atoms with Crippen LogP contribution < -0.4 is 5.32 Å². The summed E-state index contributed by atoms with van der Waals surface area (Å²) in [5.41, 5.74) is 3.43. The Morgan fingerprint density at radius 2 is 1.95 bits per heavy atom. The largest absolute Gasteiger partial charge is 0.423 e. The fourth-order valence-corrected chi connectivity index (χ4v) is 2.90. The Bertz CT molecular complexity index is 543. The molecule has 0 saturated heterocycles. The Balaban J connectivity index is 1.74. The van der Waals surface area contributed by atoms with Gasteiger partial charge in [0.1, 0.15) is 0 Å². The van der Waals surface area contributed by atoms with Gasteiger partial charge in [0.25, 0.3) is 0 Å². The third-order valence-electron chi connectivity index (χ3n) is 4.05. The van der Waals surface area contributed by atoms with E-state index in [1.807, 2.05) is 6.07 Å². The predicted octanol–water partition coefficient (Wildman–Crippen LogP) is 4.18. The number of anilines is 1. The maximum atomic E-state index is 5.24. The standard InChI is InChI=1S/C16H21N3O/c1-12-10-13(16-19-17-11-20-16)8-9-15(12)18-14-6-4-2-3-5-7-14/h8-11,14,18H,2-7H2,1H3. The van der Waals surface area contributed by atoms with Gasteiger partial charge in [-0.15, -0.1) is 10.2 Å². The summed E-state index contributed by atoms with van der Waals surface area (Å²) in [5.74, 6) is 0.578. The first-order valence-electron chi connectivity index (χ1n) is 7.46. The first kappa shape index (κ1) is 13.2. The Morgan fingerprint density at radius 1 is 1.15 bits per heavy atom. The van der Waals surface area contributed by atoms with Crippen LogP contribution in [-0.2, 0) is 0 Å². The molecular formula is C16H21N3O. The quantitative estimate of drug-likeness (QED) is 0.851. The second-order valence-corrected chi connectivity index (χ2v) is 5.61. The normalized spacial score (nSPS) is 16.9. The number of nitrogens with one attached hydrogen (secondary N) is 1. The van der Waals surface area contributed by atoms with Crippen molar-refractivity contribution >= 4 is 5.69 Å². The minimum Gasteiger partial charge on any atom is -0.423 e. The topological polar surface area (TPSA) is 51.0 Å². The van der Waals surface area contributed by atoms with Crippen LogP contribution in [-0.4, -0.2) is 16.2 Å². The molecule has 2 aromatic rings. The maximum absolute atomic E-state index is 5.24. The van der Waals surface area contributed by atoms with Crippen molar-refractivity contribution in [3.8, 4) is 11.5 Å². The van der Waals surface area contributed by atoms with Crippen LogP contribution >= 0.6 is 0 Å². The maximum Gasteiger partial charge on any atom is 0.247 e. The van der Waals surface area contributed by atoms with Crippen molar-refractivity contribution in [2.45, 2.75) is 51.5 Å². The molecule has 3 rings (SSSR count). The number of benzene rings is 1. The first-order valence-corrected chi connectivity index (χ1v) is 7.46. The van der Waals surface area contributed by atoms with Crippen molar-refractivity contribution in [1.82, 2.24) is 10.2 Å². The molecule has 0 spiro atoms. The molecule has 0 unspecified atom stereocenters. The molecule has 106 valence electrons. The lowest BCUT2D eigenvalue weighted by Crippen LogP contribution is -2.18. The van der Waals surface area contributed by atoms with Crippen LogP contribution in [0.15, 0.2) is 29.0 Å². The van der Waals surface area contributed by atoms with Crippen molar-refractivity contribution < 1.29 is 4.42 Å². The van der Waals surface area contributed by atoms with Crippen LogP contribution in [0.25, 0.3) is 11.5 Å². The molecule has 1 N–H and O–H groups in total. The lowest BCUT2D eigenvalue weighted by atomic mass is 10.1. The summed E-state index contributed by atoms with van der Waals surface area (Å²) in [6.07, 6.45) is 9.38. The molecule has 4 nitrogen and oxygen atoms in total. The lowest BCUT2D eigenvalue weighted by molar-refractivity contribution is 0.568. The molecular weight excluding hydrogens is 250 g/mol. The zero-order valence-corrected chi connectivity index (χ0v) is 11.9. The fraction of sp³-hybridized carbons (Fsp3) is 0.500. The zero-order valence-electron chi connectivity index (χ0n) is 11.9. The summed E-state index contributed by atoms with van der Waals surface area (Å²) in [5, 5.41) is 11.4. The number of aryl methyl sites for hydroxylation is 1. The van der Waals surface area contributed by atoms with E-state index in [1.54, 1.807) is 0 Å². The number of rotatable bonds is 3. The van der Waals surface area contributed by atoms with E-state index in [1.165, 1.54) is 56.2 Å². The highest BCUT2D eigenvalue weighted by atomic mass is 16.4. The number of nitrogens with zero attached hydrogens (tertiary/aromatic N) is 2. The zero-order chi connectivity index (χ0) is 13.8.